The summed E-state index contributed by atoms with van der Waals surface area (Å²) >= 11 is 0. The molecule has 1 aromatic carbocycles. The molecule has 0 amide bonds. The number of benzene rings is 1. The lowest BCUT2D eigenvalue weighted by molar-refractivity contribution is -0.385. The fourth-order valence-electron chi connectivity index (χ4n) is 3.07. The van der Waals surface area contributed by atoms with Crippen molar-refractivity contribution in [3.05, 3.63) is 33.9 Å². The van der Waals surface area contributed by atoms with Crippen LogP contribution in [0.3, 0.4) is 0 Å². The van der Waals surface area contributed by atoms with Crippen molar-refractivity contribution in [1.29, 1.82) is 0 Å². The first-order valence-corrected chi connectivity index (χ1v) is 6.46. The van der Waals surface area contributed by atoms with Crippen LogP contribution in [-0.4, -0.2) is 29.7 Å². The maximum absolute atomic E-state index is 10.8. The minimum atomic E-state index is -0.371. The Balaban J connectivity index is 1.74. The van der Waals surface area contributed by atoms with Gasteiger partial charge in [-0.25, -0.2) is 0 Å². The van der Waals surface area contributed by atoms with E-state index in [4.69, 9.17) is 10.5 Å². The van der Waals surface area contributed by atoms with E-state index in [1.165, 1.54) is 6.07 Å². The zero-order chi connectivity index (χ0) is 13.6. The summed E-state index contributed by atoms with van der Waals surface area (Å²) in [7, 11) is 0. The molecule has 4 unspecified atom stereocenters. The molecule has 1 heterocycles. The van der Waals surface area contributed by atoms with Crippen LogP contribution >= 0.6 is 0 Å². The van der Waals surface area contributed by atoms with E-state index >= 15 is 0 Å². The molecule has 0 bridgehead atoms. The van der Waals surface area contributed by atoms with Crippen LogP contribution in [0.2, 0.25) is 0 Å². The summed E-state index contributed by atoms with van der Waals surface area (Å²) in [5, 5.41) is 14.1. The van der Waals surface area contributed by atoms with E-state index in [1.54, 1.807) is 19.1 Å². The van der Waals surface area contributed by atoms with Gasteiger partial charge in [-0.2, -0.15) is 0 Å². The minimum Gasteiger partial charge on any atom is -0.378 e. The Morgan fingerprint density at radius 2 is 2.32 bits per heavy atom. The van der Waals surface area contributed by atoms with Gasteiger partial charge >= 0.3 is 0 Å². The molecule has 1 saturated heterocycles. The van der Waals surface area contributed by atoms with Crippen molar-refractivity contribution in [2.75, 3.05) is 11.9 Å². The van der Waals surface area contributed by atoms with Crippen molar-refractivity contribution in [3.63, 3.8) is 0 Å². The Morgan fingerprint density at radius 3 is 3.00 bits per heavy atom. The highest BCUT2D eigenvalue weighted by Gasteiger charge is 2.52. The lowest BCUT2D eigenvalue weighted by Crippen LogP contribution is -2.65. The molecule has 1 aliphatic heterocycles. The average Bonchev–Trinajstić information content (AvgIpc) is 2.80. The van der Waals surface area contributed by atoms with Crippen LogP contribution in [0, 0.1) is 23.0 Å². The highest BCUT2D eigenvalue weighted by atomic mass is 16.6. The van der Waals surface area contributed by atoms with E-state index in [-0.39, 0.29) is 28.8 Å². The lowest BCUT2D eigenvalue weighted by atomic mass is 9.72. The van der Waals surface area contributed by atoms with Crippen molar-refractivity contribution in [2.24, 2.45) is 11.7 Å². The van der Waals surface area contributed by atoms with Crippen molar-refractivity contribution in [2.45, 2.75) is 31.5 Å². The van der Waals surface area contributed by atoms with Gasteiger partial charge in [0.15, 0.2) is 0 Å². The van der Waals surface area contributed by atoms with Crippen LogP contribution in [0.25, 0.3) is 0 Å². The molecule has 2 aliphatic rings. The normalized spacial score (nSPS) is 32.5. The average molecular weight is 263 g/mol. The van der Waals surface area contributed by atoms with Crippen LogP contribution < -0.4 is 11.1 Å². The maximum atomic E-state index is 10.8. The standard InChI is InChI=1S/C13H17N3O3/c1-7-6-8(2-3-10(7)16(17)18)15-12-11(14)9-4-5-19-13(9)12/h2-3,6,9,11-13,15H,4-5,14H2,1H3. The smallest absolute Gasteiger partial charge is 0.272 e. The molecule has 0 aromatic heterocycles. The Bertz CT molecular complexity index is 520. The molecule has 1 saturated carbocycles. The number of anilines is 1. The van der Waals surface area contributed by atoms with E-state index in [2.05, 4.69) is 5.32 Å². The fourth-order valence-corrected chi connectivity index (χ4v) is 3.07. The van der Waals surface area contributed by atoms with E-state index in [1.807, 2.05) is 0 Å². The van der Waals surface area contributed by atoms with E-state index in [0.717, 1.165) is 18.7 Å². The Kier molecular flexibility index (Phi) is 2.91. The molecule has 2 fully saturated rings. The molecular formula is C13H17N3O3. The number of rotatable bonds is 3. The summed E-state index contributed by atoms with van der Waals surface area (Å²) < 4.78 is 5.65. The van der Waals surface area contributed by atoms with E-state index in [0.29, 0.717) is 11.5 Å². The van der Waals surface area contributed by atoms with Crippen molar-refractivity contribution in [1.82, 2.24) is 0 Å². The summed E-state index contributed by atoms with van der Waals surface area (Å²) in [6.45, 7) is 2.51. The summed E-state index contributed by atoms with van der Waals surface area (Å²) in [6, 6.07) is 5.23. The monoisotopic (exact) mass is 263 g/mol. The molecule has 6 nitrogen and oxygen atoms in total. The van der Waals surface area contributed by atoms with Crippen LogP contribution in [-0.2, 0) is 4.74 Å². The molecule has 1 aromatic rings. The number of nitrogens with two attached hydrogens (primary N) is 1. The number of aryl methyl sites for hydroxylation is 1. The number of ether oxygens (including phenoxy) is 1. The van der Waals surface area contributed by atoms with Gasteiger partial charge in [-0.3, -0.25) is 10.1 Å². The Morgan fingerprint density at radius 1 is 1.53 bits per heavy atom. The minimum absolute atomic E-state index is 0.1000. The van der Waals surface area contributed by atoms with Gasteiger partial charge in [0, 0.05) is 35.9 Å². The molecule has 1 aliphatic carbocycles. The first-order chi connectivity index (χ1) is 9.08. The molecule has 102 valence electrons. The second-order valence-electron chi connectivity index (χ2n) is 5.29. The second kappa shape index (κ2) is 4.47. The molecule has 19 heavy (non-hydrogen) atoms. The summed E-state index contributed by atoms with van der Waals surface area (Å²) in [6.07, 6.45) is 1.22. The van der Waals surface area contributed by atoms with Crippen molar-refractivity contribution in [3.8, 4) is 0 Å². The molecule has 6 heteroatoms. The van der Waals surface area contributed by atoms with Crippen molar-refractivity contribution >= 4 is 11.4 Å². The predicted molar refractivity (Wildman–Crippen MR) is 71.1 cm³/mol. The first-order valence-electron chi connectivity index (χ1n) is 6.46. The molecule has 3 rings (SSSR count). The van der Waals surface area contributed by atoms with E-state index in [9.17, 15) is 10.1 Å². The predicted octanol–water partition coefficient (Wildman–Crippen LogP) is 1.43. The third-order valence-electron chi connectivity index (χ3n) is 4.17. The SMILES string of the molecule is Cc1cc(NC2C(N)C3CCOC32)ccc1[N+](=O)[O-]. The number of nitrogens with zero attached hydrogens (tertiary/aromatic N) is 1. The van der Waals surface area contributed by atoms with Gasteiger partial charge in [-0.15, -0.1) is 0 Å². The number of hydrogen-bond acceptors (Lipinski definition) is 5. The molecule has 4 atom stereocenters. The van der Waals surface area contributed by atoms with Gasteiger partial charge in [0.25, 0.3) is 5.69 Å². The Hall–Kier alpha value is -1.66. The number of hydrogen-bond donors (Lipinski definition) is 2. The summed E-state index contributed by atoms with van der Waals surface area (Å²) in [4.78, 5) is 10.4. The van der Waals surface area contributed by atoms with Crippen LogP contribution in [0.1, 0.15) is 12.0 Å². The van der Waals surface area contributed by atoms with Crippen LogP contribution in [0.4, 0.5) is 11.4 Å². The second-order valence-corrected chi connectivity index (χ2v) is 5.29. The highest BCUT2D eigenvalue weighted by Crippen LogP contribution is 2.39. The number of nitrogens with one attached hydrogen (secondary N) is 1. The maximum Gasteiger partial charge on any atom is 0.272 e. The molecule has 3 N–H and O–H groups in total. The third-order valence-corrected chi connectivity index (χ3v) is 4.17. The number of fused-ring (bicyclic) bond motifs is 1. The van der Waals surface area contributed by atoms with Crippen molar-refractivity contribution < 1.29 is 9.66 Å². The van der Waals surface area contributed by atoms with Crippen LogP contribution in [0.15, 0.2) is 18.2 Å². The fraction of sp³-hybridized carbons (Fsp3) is 0.538. The highest BCUT2D eigenvalue weighted by molar-refractivity contribution is 5.54. The molecule has 0 radical (unpaired) electrons. The van der Waals surface area contributed by atoms with Gasteiger partial charge in [0.1, 0.15) is 0 Å². The Labute approximate surface area is 111 Å². The quantitative estimate of drug-likeness (QED) is 0.636. The largest absolute Gasteiger partial charge is 0.378 e. The van der Waals surface area contributed by atoms with Crippen LogP contribution in [0.5, 0.6) is 0 Å². The first kappa shape index (κ1) is 12.4. The molecular weight excluding hydrogens is 246 g/mol. The van der Waals surface area contributed by atoms with Gasteiger partial charge in [-0.05, 0) is 25.5 Å². The number of nitro benzene ring substituents is 1. The number of nitro groups is 1. The van der Waals surface area contributed by atoms with Gasteiger partial charge < -0.3 is 15.8 Å². The third kappa shape index (κ3) is 1.97. The molecule has 0 spiro atoms. The topological polar surface area (TPSA) is 90.4 Å². The summed E-state index contributed by atoms with van der Waals surface area (Å²) in [5.41, 5.74) is 7.76. The zero-order valence-corrected chi connectivity index (χ0v) is 10.7. The lowest BCUT2D eigenvalue weighted by Gasteiger charge is -2.46. The van der Waals surface area contributed by atoms with Gasteiger partial charge in [0.2, 0.25) is 0 Å². The van der Waals surface area contributed by atoms with E-state index < -0.39 is 0 Å². The summed E-state index contributed by atoms with van der Waals surface area (Å²) in [5.74, 6) is 0.455. The van der Waals surface area contributed by atoms with Gasteiger partial charge in [-0.1, -0.05) is 0 Å². The zero-order valence-electron chi connectivity index (χ0n) is 10.7. The van der Waals surface area contributed by atoms with Gasteiger partial charge in [0.05, 0.1) is 17.1 Å².